The van der Waals surface area contributed by atoms with Crippen molar-refractivity contribution in [1.29, 1.82) is 0 Å². The van der Waals surface area contributed by atoms with Crippen LogP contribution in [0.3, 0.4) is 0 Å². The molecule has 0 fully saturated rings. The van der Waals surface area contributed by atoms with E-state index in [1.165, 1.54) is 6.07 Å². The van der Waals surface area contributed by atoms with Gasteiger partial charge in [-0.3, -0.25) is 0 Å². The number of aromatic hydroxyl groups is 2. The number of carbonyl (C=O) groups excluding carboxylic acids is 1. The van der Waals surface area contributed by atoms with Crippen molar-refractivity contribution in [2.75, 3.05) is 0 Å². The first kappa shape index (κ1) is 14.6. The molecule has 2 N–H and O–H groups in total. The van der Waals surface area contributed by atoms with Crippen LogP contribution in [0, 0.1) is 0 Å². The third kappa shape index (κ3) is 1.98. The summed E-state index contributed by atoms with van der Waals surface area (Å²) in [5, 5.41) is 20.5. The molecule has 1 aromatic carbocycles. The van der Waals surface area contributed by atoms with Crippen molar-refractivity contribution >= 4 is 16.9 Å². The number of fused-ring (bicyclic) bond motifs is 3. The maximum absolute atomic E-state index is 12.2. The van der Waals surface area contributed by atoms with Gasteiger partial charge in [0.2, 0.25) is 0 Å². The van der Waals surface area contributed by atoms with E-state index in [0.29, 0.717) is 16.5 Å². The number of carbonyl (C=O) groups is 1. The van der Waals surface area contributed by atoms with Gasteiger partial charge in [0, 0.05) is 24.8 Å². The molecule has 2 heterocycles. The Labute approximate surface area is 127 Å². The second-order valence-corrected chi connectivity index (χ2v) is 6.90. The highest BCUT2D eigenvalue weighted by Crippen LogP contribution is 2.48. The van der Waals surface area contributed by atoms with E-state index in [4.69, 9.17) is 13.9 Å². The minimum Gasteiger partial charge on any atom is -0.504 e. The number of phenols is 2. The van der Waals surface area contributed by atoms with Gasteiger partial charge in [0.25, 0.3) is 5.79 Å². The molecule has 118 valence electrons. The maximum atomic E-state index is 12.2. The monoisotopic (exact) mass is 306 g/mol. The number of hydrogen-bond donors (Lipinski definition) is 2. The van der Waals surface area contributed by atoms with Crippen molar-refractivity contribution < 1.29 is 28.9 Å². The molecule has 6 nitrogen and oxygen atoms in total. The zero-order valence-corrected chi connectivity index (χ0v) is 13.1. The van der Waals surface area contributed by atoms with Crippen molar-refractivity contribution in [3.63, 3.8) is 0 Å². The molecular formula is C16H18O6. The number of esters is 1. The van der Waals surface area contributed by atoms with E-state index in [1.807, 2.05) is 20.8 Å². The summed E-state index contributed by atoms with van der Waals surface area (Å²) in [6.45, 7) is 8.80. The molecule has 0 spiro atoms. The van der Waals surface area contributed by atoms with Crippen LogP contribution in [-0.4, -0.2) is 22.0 Å². The number of benzene rings is 1. The Hall–Kier alpha value is -2.37. The quantitative estimate of drug-likeness (QED) is 0.572. The van der Waals surface area contributed by atoms with Gasteiger partial charge < -0.3 is 24.1 Å². The van der Waals surface area contributed by atoms with Crippen LogP contribution in [-0.2, 0) is 10.2 Å². The van der Waals surface area contributed by atoms with Crippen molar-refractivity contribution in [3.8, 4) is 17.4 Å². The first-order valence-corrected chi connectivity index (χ1v) is 6.95. The first-order chi connectivity index (χ1) is 10.0. The van der Waals surface area contributed by atoms with Crippen LogP contribution in [0.25, 0.3) is 11.0 Å². The molecule has 22 heavy (non-hydrogen) atoms. The number of rotatable bonds is 0. The SMILES string of the molecule is CC1(C)OC(=O)c2c(oc3c(C(C)(C)C)c(O)c(O)cc23)O1. The number of cyclic esters (lactones) is 1. The van der Waals surface area contributed by atoms with E-state index in [2.05, 4.69) is 0 Å². The molecular weight excluding hydrogens is 288 g/mol. The minimum absolute atomic E-state index is 0.0340. The average molecular weight is 306 g/mol. The average Bonchev–Trinajstić information content (AvgIpc) is 2.63. The van der Waals surface area contributed by atoms with E-state index in [-0.39, 0.29) is 23.0 Å². The Morgan fingerprint density at radius 3 is 2.36 bits per heavy atom. The predicted octanol–water partition coefficient (Wildman–Crippen LogP) is 3.43. The number of ether oxygens (including phenoxy) is 2. The molecule has 1 aromatic heterocycles. The molecule has 3 rings (SSSR count). The Morgan fingerprint density at radius 1 is 1.14 bits per heavy atom. The summed E-state index contributed by atoms with van der Waals surface area (Å²) in [5.41, 5.74) is 0.324. The summed E-state index contributed by atoms with van der Waals surface area (Å²) in [6.07, 6.45) is 0. The number of phenolic OH excluding ortho intramolecular Hbond substituents is 2. The van der Waals surface area contributed by atoms with E-state index in [1.54, 1.807) is 13.8 Å². The van der Waals surface area contributed by atoms with Crippen LogP contribution >= 0.6 is 0 Å². The Bertz CT molecular complexity index is 791. The van der Waals surface area contributed by atoms with Gasteiger partial charge in [-0.1, -0.05) is 20.8 Å². The Kier molecular flexibility index (Phi) is 2.71. The van der Waals surface area contributed by atoms with Gasteiger partial charge >= 0.3 is 11.9 Å². The number of hydrogen-bond acceptors (Lipinski definition) is 6. The second kappa shape index (κ2) is 4.09. The Balaban J connectivity index is 2.41. The van der Waals surface area contributed by atoms with E-state index < -0.39 is 17.2 Å². The standard InChI is InChI=1S/C16H18O6/c1-15(2,3)10-11(18)8(17)6-7-9-13(19)21-16(4,5)22-14(9)20-12(7)10/h6,17-18H,1-5H3. The second-order valence-electron chi connectivity index (χ2n) is 6.90. The van der Waals surface area contributed by atoms with Gasteiger partial charge in [0.1, 0.15) is 5.58 Å². The summed E-state index contributed by atoms with van der Waals surface area (Å²) < 4.78 is 16.4. The lowest BCUT2D eigenvalue weighted by molar-refractivity contribution is -0.136. The molecule has 0 aliphatic carbocycles. The normalized spacial score (nSPS) is 17.0. The van der Waals surface area contributed by atoms with Crippen molar-refractivity contribution in [2.24, 2.45) is 0 Å². The van der Waals surface area contributed by atoms with Crippen molar-refractivity contribution in [1.82, 2.24) is 0 Å². The van der Waals surface area contributed by atoms with Crippen LogP contribution in [0.2, 0.25) is 0 Å². The number of furan rings is 1. The summed E-state index contributed by atoms with van der Waals surface area (Å²) in [7, 11) is 0. The predicted molar refractivity (Wildman–Crippen MR) is 78.4 cm³/mol. The van der Waals surface area contributed by atoms with Crippen LogP contribution in [0.1, 0.15) is 50.5 Å². The molecule has 0 amide bonds. The Morgan fingerprint density at radius 2 is 1.77 bits per heavy atom. The maximum Gasteiger partial charge on any atom is 0.349 e. The summed E-state index contributed by atoms with van der Waals surface area (Å²) in [6, 6.07) is 1.28. The van der Waals surface area contributed by atoms with Gasteiger partial charge in [0.15, 0.2) is 17.1 Å². The van der Waals surface area contributed by atoms with Crippen LogP contribution in [0.5, 0.6) is 17.4 Å². The minimum atomic E-state index is -1.13. The zero-order valence-electron chi connectivity index (χ0n) is 13.1. The fourth-order valence-corrected chi connectivity index (χ4v) is 2.67. The molecule has 0 unspecified atom stereocenters. The van der Waals surface area contributed by atoms with Crippen LogP contribution < -0.4 is 4.74 Å². The highest BCUT2D eigenvalue weighted by molar-refractivity contribution is 6.08. The molecule has 0 saturated carbocycles. The molecule has 0 saturated heterocycles. The van der Waals surface area contributed by atoms with E-state index >= 15 is 0 Å². The van der Waals surface area contributed by atoms with Crippen LogP contribution in [0.15, 0.2) is 10.5 Å². The van der Waals surface area contributed by atoms with E-state index in [9.17, 15) is 15.0 Å². The molecule has 1 aliphatic heterocycles. The van der Waals surface area contributed by atoms with Gasteiger partial charge in [0.05, 0.1) is 0 Å². The molecule has 2 aromatic rings. The zero-order chi connectivity index (χ0) is 16.4. The summed E-state index contributed by atoms with van der Waals surface area (Å²) in [5.74, 6) is -2.27. The van der Waals surface area contributed by atoms with Gasteiger partial charge in [-0.05, 0) is 11.5 Å². The lowest BCUT2D eigenvalue weighted by Crippen LogP contribution is -2.38. The fraction of sp³-hybridized carbons (Fsp3) is 0.438. The third-order valence-corrected chi connectivity index (χ3v) is 3.53. The molecule has 0 radical (unpaired) electrons. The fourth-order valence-electron chi connectivity index (χ4n) is 2.67. The van der Waals surface area contributed by atoms with Crippen LogP contribution in [0.4, 0.5) is 0 Å². The molecule has 6 heteroatoms. The highest BCUT2D eigenvalue weighted by Gasteiger charge is 2.40. The van der Waals surface area contributed by atoms with Gasteiger partial charge in [-0.15, -0.1) is 0 Å². The highest BCUT2D eigenvalue weighted by atomic mass is 16.8. The summed E-state index contributed by atoms with van der Waals surface area (Å²) in [4.78, 5) is 12.2. The molecule has 0 atom stereocenters. The van der Waals surface area contributed by atoms with Gasteiger partial charge in [-0.2, -0.15) is 0 Å². The third-order valence-electron chi connectivity index (χ3n) is 3.53. The molecule has 0 bridgehead atoms. The largest absolute Gasteiger partial charge is 0.504 e. The van der Waals surface area contributed by atoms with Crippen molar-refractivity contribution in [2.45, 2.75) is 45.8 Å². The van der Waals surface area contributed by atoms with Gasteiger partial charge in [-0.25, -0.2) is 4.79 Å². The first-order valence-electron chi connectivity index (χ1n) is 6.95. The smallest absolute Gasteiger partial charge is 0.349 e. The summed E-state index contributed by atoms with van der Waals surface area (Å²) >= 11 is 0. The topological polar surface area (TPSA) is 89.1 Å². The molecule has 1 aliphatic rings. The lowest BCUT2D eigenvalue weighted by atomic mass is 9.84. The van der Waals surface area contributed by atoms with E-state index in [0.717, 1.165) is 0 Å². The lowest BCUT2D eigenvalue weighted by Gasteiger charge is -2.28. The van der Waals surface area contributed by atoms with Crippen molar-refractivity contribution in [3.05, 3.63) is 17.2 Å².